The van der Waals surface area contributed by atoms with E-state index in [1.54, 1.807) is 4.90 Å². The molecule has 0 radical (unpaired) electrons. The van der Waals surface area contributed by atoms with Crippen molar-refractivity contribution in [2.24, 2.45) is 0 Å². The number of amides is 2. The van der Waals surface area contributed by atoms with Crippen LogP contribution in [-0.2, 0) is 6.18 Å². The average Bonchev–Trinajstić information content (AvgIpc) is 2.81. The molecule has 3 aromatic carbocycles. The molecule has 4 nitrogen and oxygen atoms in total. The van der Waals surface area contributed by atoms with E-state index in [9.17, 15) is 18.0 Å². The van der Waals surface area contributed by atoms with Crippen LogP contribution in [0.3, 0.4) is 0 Å². The normalized spacial score (nSPS) is 15.1. The summed E-state index contributed by atoms with van der Waals surface area (Å²) in [5, 5.41) is 2.61. The Labute approximate surface area is 185 Å². The molecule has 3 aromatic rings. The zero-order valence-electron chi connectivity index (χ0n) is 17.5. The number of carbonyl (C=O) groups is 1. The first-order chi connectivity index (χ1) is 15.4. The first-order valence-electron chi connectivity index (χ1n) is 10.6. The van der Waals surface area contributed by atoms with Gasteiger partial charge in [-0.3, -0.25) is 0 Å². The number of nitrogens with one attached hydrogen (secondary N) is 2. The minimum absolute atomic E-state index is 0.144. The first-order valence-corrected chi connectivity index (χ1v) is 10.6. The minimum atomic E-state index is -4.44. The minimum Gasteiger partial charge on any atom is -0.322 e. The maximum atomic E-state index is 12.9. The Bertz CT molecular complexity index is 994. The van der Waals surface area contributed by atoms with Crippen LogP contribution in [0.25, 0.3) is 0 Å². The van der Waals surface area contributed by atoms with Gasteiger partial charge in [0.2, 0.25) is 0 Å². The van der Waals surface area contributed by atoms with E-state index in [0.717, 1.165) is 25.2 Å². The molecule has 7 heteroatoms. The third-order valence-corrected chi connectivity index (χ3v) is 5.81. The second-order valence-corrected chi connectivity index (χ2v) is 7.91. The van der Waals surface area contributed by atoms with Crippen LogP contribution in [0.4, 0.5) is 23.7 Å². The number of hydrogen-bond donors (Lipinski definition) is 2. The van der Waals surface area contributed by atoms with Crippen molar-refractivity contribution in [2.45, 2.75) is 12.2 Å². The van der Waals surface area contributed by atoms with Crippen molar-refractivity contribution in [2.75, 3.05) is 31.5 Å². The lowest BCUT2D eigenvalue weighted by molar-refractivity contribution is -0.929. The maximum Gasteiger partial charge on any atom is 0.416 e. The van der Waals surface area contributed by atoms with Gasteiger partial charge in [0.15, 0.2) is 0 Å². The molecule has 1 saturated heterocycles. The Hall–Kier alpha value is -3.32. The monoisotopic (exact) mass is 440 g/mol. The van der Waals surface area contributed by atoms with Crippen molar-refractivity contribution in [3.63, 3.8) is 0 Å². The molecule has 0 spiro atoms. The summed E-state index contributed by atoms with van der Waals surface area (Å²) in [6.07, 6.45) is -4.44. The van der Waals surface area contributed by atoms with Crippen LogP contribution in [0.2, 0.25) is 0 Å². The van der Waals surface area contributed by atoms with Crippen LogP contribution < -0.4 is 10.2 Å². The number of alkyl halides is 3. The fourth-order valence-corrected chi connectivity index (χ4v) is 4.22. The predicted octanol–water partition coefficient (Wildman–Crippen LogP) is 4.23. The van der Waals surface area contributed by atoms with Crippen molar-refractivity contribution in [3.8, 4) is 0 Å². The summed E-state index contributed by atoms with van der Waals surface area (Å²) in [5.74, 6) is 0. The Morgan fingerprint density at radius 2 is 1.41 bits per heavy atom. The molecule has 1 heterocycles. The quantitative estimate of drug-likeness (QED) is 0.626. The van der Waals surface area contributed by atoms with Crippen LogP contribution >= 0.6 is 0 Å². The van der Waals surface area contributed by atoms with E-state index in [4.69, 9.17) is 0 Å². The predicted molar refractivity (Wildman–Crippen MR) is 117 cm³/mol. The second-order valence-electron chi connectivity index (χ2n) is 7.91. The fourth-order valence-electron chi connectivity index (χ4n) is 4.22. The number of halogens is 3. The standard InChI is InChI=1S/C25H24F3N3O/c26-25(27,28)21-12-7-13-22(18-21)29-24(32)31-16-14-30(15-17-31)23(19-8-3-1-4-9-19)20-10-5-2-6-11-20/h1-13,18,23H,14-17H2,(H,29,32)/p+1. The largest absolute Gasteiger partial charge is 0.416 e. The number of rotatable bonds is 4. The number of quaternary nitrogens is 1. The number of urea groups is 1. The number of benzene rings is 3. The number of piperazine rings is 1. The zero-order chi connectivity index (χ0) is 22.6. The smallest absolute Gasteiger partial charge is 0.322 e. The molecule has 1 fully saturated rings. The zero-order valence-corrected chi connectivity index (χ0v) is 17.5. The molecule has 0 saturated carbocycles. The Balaban J connectivity index is 1.43. The molecule has 0 aliphatic carbocycles. The van der Waals surface area contributed by atoms with Gasteiger partial charge in [-0.05, 0) is 18.2 Å². The maximum absolute atomic E-state index is 12.9. The van der Waals surface area contributed by atoms with Gasteiger partial charge in [0.25, 0.3) is 0 Å². The molecule has 1 aliphatic rings. The average molecular weight is 440 g/mol. The summed E-state index contributed by atoms with van der Waals surface area (Å²) < 4.78 is 38.8. The van der Waals surface area contributed by atoms with E-state index >= 15 is 0 Å². The van der Waals surface area contributed by atoms with E-state index in [-0.39, 0.29) is 17.8 Å². The van der Waals surface area contributed by atoms with Crippen LogP contribution in [-0.4, -0.2) is 37.1 Å². The highest BCUT2D eigenvalue weighted by Crippen LogP contribution is 2.30. The molecule has 0 aromatic heterocycles. The SMILES string of the molecule is O=C(Nc1cccc(C(F)(F)F)c1)N1CC[NH+](C(c2ccccc2)c2ccccc2)CC1. The summed E-state index contributed by atoms with van der Waals surface area (Å²) in [5.41, 5.74) is 1.80. The van der Waals surface area contributed by atoms with Gasteiger partial charge >= 0.3 is 12.2 Å². The lowest BCUT2D eigenvalue weighted by Crippen LogP contribution is -3.15. The molecule has 0 atom stereocenters. The van der Waals surface area contributed by atoms with Crippen LogP contribution in [0.15, 0.2) is 84.9 Å². The summed E-state index contributed by atoms with van der Waals surface area (Å²) in [6, 6.07) is 25.1. The molecule has 32 heavy (non-hydrogen) atoms. The highest BCUT2D eigenvalue weighted by atomic mass is 19.4. The molecule has 0 bridgehead atoms. The Morgan fingerprint density at radius 3 is 1.94 bits per heavy atom. The molecule has 1 aliphatic heterocycles. The van der Waals surface area contributed by atoms with E-state index in [1.165, 1.54) is 28.2 Å². The third-order valence-electron chi connectivity index (χ3n) is 5.81. The molecule has 2 N–H and O–H groups in total. The lowest BCUT2D eigenvalue weighted by Gasteiger charge is -2.37. The van der Waals surface area contributed by atoms with Gasteiger partial charge in [0.1, 0.15) is 6.04 Å². The molecule has 4 rings (SSSR count). The topological polar surface area (TPSA) is 36.8 Å². The van der Waals surface area contributed by atoms with Crippen molar-refractivity contribution in [3.05, 3.63) is 102 Å². The summed E-state index contributed by atoms with van der Waals surface area (Å²) in [7, 11) is 0. The van der Waals surface area contributed by atoms with Gasteiger partial charge < -0.3 is 15.1 Å². The highest BCUT2D eigenvalue weighted by molar-refractivity contribution is 5.89. The van der Waals surface area contributed by atoms with Crippen LogP contribution in [0.5, 0.6) is 0 Å². The number of hydrogen-bond acceptors (Lipinski definition) is 1. The summed E-state index contributed by atoms with van der Waals surface area (Å²) in [6.45, 7) is 2.53. The van der Waals surface area contributed by atoms with Gasteiger partial charge in [-0.15, -0.1) is 0 Å². The van der Waals surface area contributed by atoms with E-state index in [0.29, 0.717) is 13.1 Å². The molecule has 2 amide bonds. The van der Waals surface area contributed by atoms with Crippen molar-refractivity contribution in [1.82, 2.24) is 4.90 Å². The Kier molecular flexibility index (Phi) is 6.46. The van der Waals surface area contributed by atoms with Gasteiger partial charge in [0.05, 0.1) is 31.7 Å². The first kappa shape index (κ1) is 21.9. The van der Waals surface area contributed by atoms with Gasteiger partial charge in [0, 0.05) is 16.8 Å². The number of anilines is 1. The number of carbonyl (C=O) groups excluding carboxylic acids is 1. The van der Waals surface area contributed by atoms with Gasteiger partial charge in [-0.25, -0.2) is 4.79 Å². The lowest BCUT2D eigenvalue weighted by atomic mass is 9.96. The second kappa shape index (κ2) is 9.44. The summed E-state index contributed by atoms with van der Waals surface area (Å²) in [4.78, 5) is 15.7. The molecular formula is C25H25F3N3O+. The molecular weight excluding hydrogens is 415 g/mol. The summed E-state index contributed by atoms with van der Waals surface area (Å²) >= 11 is 0. The van der Waals surface area contributed by atoms with E-state index in [1.807, 2.05) is 36.4 Å². The van der Waals surface area contributed by atoms with Gasteiger partial charge in [-0.1, -0.05) is 66.7 Å². The van der Waals surface area contributed by atoms with E-state index < -0.39 is 11.7 Å². The van der Waals surface area contributed by atoms with Gasteiger partial charge in [-0.2, -0.15) is 13.2 Å². The van der Waals surface area contributed by atoms with Crippen LogP contribution in [0, 0.1) is 0 Å². The highest BCUT2D eigenvalue weighted by Gasteiger charge is 2.32. The number of nitrogens with zero attached hydrogens (tertiary/aromatic N) is 1. The molecule has 0 unspecified atom stereocenters. The Morgan fingerprint density at radius 1 is 0.844 bits per heavy atom. The van der Waals surface area contributed by atoms with Crippen molar-refractivity contribution < 1.29 is 22.9 Å². The van der Waals surface area contributed by atoms with Crippen molar-refractivity contribution >= 4 is 11.7 Å². The van der Waals surface area contributed by atoms with E-state index in [2.05, 4.69) is 29.6 Å². The van der Waals surface area contributed by atoms with Crippen LogP contribution in [0.1, 0.15) is 22.7 Å². The molecule has 166 valence electrons. The fraction of sp³-hybridized carbons (Fsp3) is 0.240. The third kappa shape index (κ3) is 5.11. The van der Waals surface area contributed by atoms with Crippen molar-refractivity contribution in [1.29, 1.82) is 0 Å².